The van der Waals surface area contributed by atoms with Gasteiger partial charge in [-0.15, -0.1) is 0 Å². The van der Waals surface area contributed by atoms with Crippen LogP contribution in [0.1, 0.15) is 26.7 Å². The molecule has 19 heavy (non-hydrogen) atoms. The van der Waals surface area contributed by atoms with Gasteiger partial charge in [-0.25, -0.2) is 9.10 Å². The Morgan fingerprint density at radius 2 is 1.95 bits per heavy atom. The maximum Gasteiger partial charge on any atom is 0.326 e. The summed E-state index contributed by atoms with van der Waals surface area (Å²) in [6.45, 7) is 9.66. The van der Waals surface area contributed by atoms with Crippen molar-refractivity contribution in [3.63, 3.8) is 0 Å². The smallest absolute Gasteiger partial charge is 0.326 e. The zero-order valence-corrected chi connectivity index (χ0v) is 12.7. The molecule has 0 saturated carbocycles. The molecule has 0 radical (unpaired) electrons. The molecule has 1 fully saturated rings. The van der Waals surface area contributed by atoms with E-state index in [0.29, 0.717) is 6.41 Å². The summed E-state index contributed by atoms with van der Waals surface area (Å²) in [6.07, 6.45) is 3.25. The summed E-state index contributed by atoms with van der Waals surface area (Å²) in [7, 11) is 1.46. The lowest BCUT2D eigenvalue weighted by Gasteiger charge is -2.23. The second kappa shape index (κ2) is 9.86. The Morgan fingerprint density at radius 1 is 1.42 bits per heavy atom. The number of carbonyl (C=O) groups excluding carboxylic acids is 1. The highest BCUT2D eigenvalue weighted by Crippen LogP contribution is 2.17. The third-order valence-electron chi connectivity index (χ3n) is 2.78. The topological polar surface area (TPSA) is 60.9 Å². The molecule has 110 valence electrons. The van der Waals surface area contributed by atoms with Crippen LogP contribution in [0.3, 0.4) is 0 Å². The highest BCUT2D eigenvalue weighted by molar-refractivity contribution is 7.99. The fraction of sp³-hybridized carbons (Fsp3) is 0.692. The molecule has 1 heterocycles. The van der Waals surface area contributed by atoms with Crippen molar-refractivity contribution in [3.05, 3.63) is 12.0 Å². The lowest BCUT2D eigenvalue weighted by molar-refractivity contribution is -0.147. The van der Waals surface area contributed by atoms with Crippen molar-refractivity contribution in [2.75, 3.05) is 20.1 Å². The first-order chi connectivity index (χ1) is 8.93. The Hall–Kier alpha value is -1.01. The van der Waals surface area contributed by atoms with E-state index in [0.717, 1.165) is 4.90 Å². The minimum Gasteiger partial charge on any atom is -0.480 e. The van der Waals surface area contributed by atoms with Gasteiger partial charge in [0, 0.05) is 20.1 Å². The van der Waals surface area contributed by atoms with Crippen LogP contribution in [0.2, 0.25) is 0 Å². The van der Waals surface area contributed by atoms with E-state index in [9.17, 15) is 9.59 Å². The van der Waals surface area contributed by atoms with Gasteiger partial charge < -0.3 is 10.0 Å². The van der Waals surface area contributed by atoms with Crippen molar-refractivity contribution in [1.82, 2.24) is 9.21 Å². The highest BCUT2D eigenvalue weighted by Gasteiger charge is 2.24. The second-order valence-corrected chi connectivity index (χ2v) is 5.77. The standard InChI is InChI=1S/C7H13NO3.C6H11NS/c1-5(2)6(7(10)11)8(3)4-9;1-2-8-7-5-3-4-6-7/h4-6H,1-3H3,(H,10,11);2H,1,3-6H2. The van der Waals surface area contributed by atoms with Crippen LogP contribution < -0.4 is 0 Å². The molecule has 0 bridgehead atoms. The Bertz CT molecular complexity index is 292. The minimum atomic E-state index is -0.963. The van der Waals surface area contributed by atoms with Crippen LogP contribution in [0.4, 0.5) is 0 Å². The SMILES string of the molecule is C=CSN1CCCC1.CC(C)C(C(=O)O)N(C)C=O. The Labute approximate surface area is 119 Å². The molecule has 0 aliphatic carbocycles. The number of carboxylic acid groups (broad SMARTS) is 1. The molecule has 0 aromatic carbocycles. The summed E-state index contributed by atoms with van der Waals surface area (Å²) in [4.78, 5) is 21.9. The Morgan fingerprint density at radius 3 is 2.21 bits per heavy atom. The number of carboxylic acids is 1. The molecule has 5 nitrogen and oxygen atoms in total. The van der Waals surface area contributed by atoms with Gasteiger partial charge in [-0.2, -0.15) is 0 Å². The number of rotatable bonds is 6. The summed E-state index contributed by atoms with van der Waals surface area (Å²) in [5, 5.41) is 10.5. The van der Waals surface area contributed by atoms with E-state index in [1.807, 2.05) is 5.41 Å². The summed E-state index contributed by atoms with van der Waals surface area (Å²) in [6, 6.07) is -0.715. The van der Waals surface area contributed by atoms with E-state index < -0.39 is 12.0 Å². The minimum absolute atomic E-state index is 0.0669. The van der Waals surface area contributed by atoms with Crippen LogP contribution in [0.5, 0.6) is 0 Å². The monoisotopic (exact) mass is 288 g/mol. The van der Waals surface area contributed by atoms with Gasteiger partial charge in [-0.3, -0.25) is 4.79 Å². The first kappa shape index (κ1) is 18.0. The quantitative estimate of drug-likeness (QED) is 0.599. The van der Waals surface area contributed by atoms with E-state index in [2.05, 4.69) is 10.9 Å². The maximum atomic E-state index is 10.5. The van der Waals surface area contributed by atoms with Crippen LogP contribution in [0, 0.1) is 5.92 Å². The van der Waals surface area contributed by atoms with Crippen molar-refractivity contribution < 1.29 is 14.7 Å². The number of likely N-dealkylation sites (N-methyl/N-ethyl adjacent to an activating group) is 1. The average molecular weight is 288 g/mol. The van der Waals surface area contributed by atoms with E-state index in [1.165, 1.54) is 33.0 Å². The second-order valence-electron chi connectivity index (χ2n) is 4.71. The number of amides is 1. The molecule has 1 saturated heterocycles. The molecule has 1 rings (SSSR count). The first-order valence-electron chi connectivity index (χ1n) is 6.36. The van der Waals surface area contributed by atoms with Gasteiger partial charge in [0.2, 0.25) is 6.41 Å². The van der Waals surface area contributed by atoms with Gasteiger partial charge in [-0.1, -0.05) is 32.4 Å². The number of aliphatic carboxylic acids is 1. The molecule has 1 atom stereocenters. The van der Waals surface area contributed by atoms with Crippen LogP contribution in [-0.2, 0) is 9.59 Å². The average Bonchev–Trinajstić information content (AvgIpc) is 2.82. The highest BCUT2D eigenvalue weighted by atomic mass is 32.2. The zero-order valence-electron chi connectivity index (χ0n) is 11.9. The van der Waals surface area contributed by atoms with Crippen molar-refractivity contribution in [3.8, 4) is 0 Å². The van der Waals surface area contributed by atoms with E-state index in [4.69, 9.17) is 5.11 Å². The molecule has 0 spiro atoms. The predicted molar refractivity (Wildman–Crippen MR) is 78.7 cm³/mol. The zero-order chi connectivity index (χ0) is 14.8. The molecule has 1 aliphatic heterocycles. The lowest BCUT2D eigenvalue weighted by Crippen LogP contribution is -2.41. The van der Waals surface area contributed by atoms with Crippen molar-refractivity contribution in [1.29, 1.82) is 0 Å². The fourth-order valence-electron chi connectivity index (χ4n) is 1.89. The Kier molecular flexibility index (Phi) is 9.34. The van der Waals surface area contributed by atoms with E-state index in [-0.39, 0.29) is 5.92 Å². The van der Waals surface area contributed by atoms with Crippen molar-refractivity contribution in [2.45, 2.75) is 32.7 Å². The number of carbonyl (C=O) groups is 2. The van der Waals surface area contributed by atoms with Crippen LogP contribution in [-0.4, -0.2) is 52.9 Å². The molecule has 6 heteroatoms. The maximum absolute atomic E-state index is 10.5. The van der Waals surface area contributed by atoms with Crippen molar-refractivity contribution >= 4 is 24.3 Å². The lowest BCUT2D eigenvalue weighted by atomic mass is 10.0. The summed E-state index contributed by atoms with van der Waals surface area (Å²) in [5.41, 5.74) is 0. The number of hydrogen-bond donors (Lipinski definition) is 1. The molecule has 1 unspecified atom stereocenters. The predicted octanol–water partition coefficient (Wildman–Crippen LogP) is 2.06. The molecule has 0 aromatic rings. The molecular formula is C13H24N2O3S. The van der Waals surface area contributed by atoms with Gasteiger partial charge in [0.1, 0.15) is 6.04 Å². The summed E-state index contributed by atoms with van der Waals surface area (Å²) in [5.74, 6) is -1.03. The Balaban J connectivity index is 0.000000356. The molecular weight excluding hydrogens is 264 g/mol. The van der Waals surface area contributed by atoms with Crippen LogP contribution >= 0.6 is 11.9 Å². The van der Waals surface area contributed by atoms with Gasteiger partial charge in [0.15, 0.2) is 0 Å². The molecule has 0 aromatic heterocycles. The molecule has 1 amide bonds. The molecule has 1 N–H and O–H groups in total. The molecule has 1 aliphatic rings. The number of hydrogen-bond acceptors (Lipinski definition) is 4. The third kappa shape index (κ3) is 7.22. The normalized spacial score (nSPS) is 16.4. The number of nitrogens with zero attached hydrogens (tertiary/aromatic N) is 2. The van der Waals surface area contributed by atoms with E-state index >= 15 is 0 Å². The van der Waals surface area contributed by atoms with Gasteiger partial charge in [0.25, 0.3) is 0 Å². The largest absolute Gasteiger partial charge is 0.480 e. The van der Waals surface area contributed by atoms with E-state index in [1.54, 1.807) is 25.8 Å². The van der Waals surface area contributed by atoms with Crippen LogP contribution in [0.15, 0.2) is 12.0 Å². The third-order valence-corrected chi connectivity index (χ3v) is 3.59. The van der Waals surface area contributed by atoms with Crippen molar-refractivity contribution in [2.24, 2.45) is 5.92 Å². The van der Waals surface area contributed by atoms with Gasteiger partial charge >= 0.3 is 5.97 Å². The van der Waals surface area contributed by atoms with Crippen LogP contribution in [0.25, 0.3) is 0 Å². The fourth-order valence-corrected chi connectivity index (χ4v) is 2.57. The van der Waals surface area contributed by atoms with Gasteiger partial charge in [0.05, 0.1) is 0 Å². The summed E-state index contributed by atoms with van der Waals surface area (Å²) >= 11 is 1.74. The van der Waals surface area contributed by atoms with Gasteiger partial charge in [-0.05, 0) is 24.2 Å². The first-order valence-corrected chi connectivity index (χ1v) is 7.20. The summed E-state index contributed by atoms with van der Waals surface area (Å²) < 4.78 is 2.34.